The van der Waals surface area contributed by atoms with Crippen LogP contribution >= 0.6 is 12.2 Å². The van der Waals surface area contributed by atoms with Gasteiger partial charge in [-0.1, -0.05) is 50.2 Å². The highest BCUT2D eigenvalue weighted by atomic mass is 32.1. The molecule has 0 bridgehead atoms. The largest absolute Gasteiger partial charge is 0.453 e. The molecule has 0 heterocycles. The van der Waals surface area contributed by atoms with Crippen LogP contribution in [0.1, 0.15) is 30.9 Å². The van der Waals surface area contributed by atoms with Crippen LogP contribution in [0.4, 0.5) is 16.2 Å². The van der Waals surface area contributed by atoms with Crippen molar-refractivity contribution in [2.45, 2.75) is 19.8 Å². The van der Waals surface area contributed by atoms with Gasteiger partial charge in [0, 0.05) is 6.21 Å². The normalized spacial score (nSPS) is 10.7. The van der Waals surface area contributed by atoms with Crippen LogP contribution in [0.5, 0.6) is 0 Å². The number of alkyl carbamates (subject to hydrolysis) is 1. The van der Waals surface area contributed by atoms with E-state index in [4.69, 9.17) is 12.2 Å². The Morgan fingerprint density at radius 3 is 2.48 bits per heavy atom. The molecule has 2 N–H and O–H groups in total. The van der Waals surface area contributed by atoms with Crippen LogP contribution in [-0.4, -0.2) is 24.5 Å². The zero-order valence-electron chi connectivity index (χ0n) is 14.4. The molecule has 0 aliphatic heterocycles. The molecule has 0 aliphatic rings. The summed E-state index contributed by atoms with van der Waals surface area (Å²) in [5.41, 5.74) is 3.70. The van der Waals surface area contributed by atoms with Gasteiger partial charge in [0.15, 0.2) is 5.11 Å². The van der Waals surface area contributed by atoms with Gasteiger partial charge in [-0.15, -0.1) is 0 Å². The number of nitrogens with one attached hydrogen (secondary N) is 2. The second-order valence-corrected chi connectivity index (χ2v) is 6.08. The monoisotopic (exact) mass is 355 g/mol. The number of hydrogen-bond acceptors (Lipinski definition) is 4. The number of rotatable bonds is 4. The Bertz CT molecular complexity index is 770. The maximum Gasteiger partial charge on any atom is 0.413 e. The average Bonchev–Trinajstić information content (AvgIpc) is 2.61. The van der Waals surface area contributed by atoms with Gasteiger partial charge in [0.2, 0.25) is 0 Å². The van der Waals surface area contributed by atoms with E-state index in [9.17, 15) is 4.79 Å². The lowest BCUT2D eigenvalue weighted by Gasteiger charge is -2.10. The van der Waals surface area contributed by atoms with E-state index in [-0.39, 0.29) is 5.11 Å². The number of thiocarbonyl (C=S) groups is 1. The fraction of sp³-hybridized carbons (Fsp3) is 0.211. The van der Waals surface area contributed by atoms with Gasteiger partial charge >= 0.3 is 6.09 Å². The molecule has 0 saturated carbocycles. The molecule has 6 heteroatoms. The van der Waals surface area contributed by atoms with Gasteiger partial charge in [0.25, 0.3) is 0 Å². The van der Waals surface area contributed by atoms with Crippen molar-refractivity contribution >= 4 is 41.0 Å². The number of para-hydroxylation sites is 2. The lowest BCUT2D eigenvalue weighted by Crippen LogP contribution is -2.33. The number of aliphatic imine (C=N–C) groups is 1. The highest BCUT2D eigenvalue weighted by molar-refractivity contribution is 7.80. The van der Waals surface area contributed by atoms with E-state index in [2.05, 4.69) is 46.3 Å². The molecule has 0 aliphatic carbocycles. The first kappa shape index (κ1) is 18.6. The first-order valence-corrected chi connectivity index (χ1v) is 8.29. The van der Waals surface area contributed by atoms with Crippen LogP contribution in [0.3, 0.4) is 0 Å². The molecule has 130 valence electrons. The molecule has 25 heavy (non-hydrogen) atoms. The topological polar surface area (TPSA) is 62.7 Å². The highest BCUT2D eigenvalue weighted by Crippen LogP contribution is 2.24. The molecule has 5 nitrogen and oxygen atoms in total. The van der Waals surface area contributed by atoms with Gasteiger partial charge in [-0.3, -0.25) is 10.3 Å². The molecule has 0 saturated heterocycles. The van der Waals surface area contributed by atoms with E-state index < -0.39 is 6.09 Å². The number of methoxy groups -OCH3 is 1. The van der Waals surface area contributed by atoms with E-state index in [1.54, 1.807) is 6.21 Å². The number of carbonyl (C=O) groups excluding carboxylic acids is 1. The van der Waals surface area contributed by atoms with E-state index in [1.165, 1.54) is 12.7 Å². The van der Waals surface area contributed by atoms with Crippen LogP contribution in [0, 0.1) is 0 Å². The van der Waals surface area contributed by atoms with Gasteiger partial charge in [0.05, 0.1) is 18.5 Å². The molecule has 0 fully saturated rings. The number of carbonyl (C=O) groups is 1. The maximum absolute atomic E-state index is 11.2. The van der Waals surface area contributed by atoms with Crippen molar-refractivity contribution in [2.24, 2.45) is 4.99 Å². The first-order valence-electron chi connectivity index (χ1n) is 7.88. The van der Waals surface area contributed by atoms with Crippen LogP contribution in [0.25, 0.3) is 0 Å². The first-order chi connectivity index (χ1) is 12.0. The van der Waals surface area contributed by atoms with Crippen molar-refractivity contribution < 1.29 is 9.53 Å². The molecular weight excluding hydrogens is 334 g/mol. The van der Waals surface area contributed by atoms with Crippen molar-refractivity contribution in [3.05, 3.63) is 59.7 Å². The van der Waals surface area contributed by atoms with E-state index in [0.29, 0.717) is 17.3 Å². The van der Waals surface area contributed by atoms with E-state index in [1.807, 2.05) is 36.4 Å². The Morgan fingerprint density at radius 1 is 1.16 bits per heavy atom. The fourth-order valence-corrected chi connectivity index (χ4v) is 2.29. The fourth-order valence-electron chi connectivity index (χ4n) is 2.10. The summed E-state index contributed by atoms with van der Waals surface area (Å²) in [4.78, 5) is 15.7. The second kappa shape index (κ2) is 8.94. The Hall–Kier alpha value is -2.73. The molecule has 0 atom stereocenters. The number of benzene rings is 2. The summed E-state index contributed by atoms with van der Waals surface area (Å²) in [6.45, 7) is 4.33. The van der Waals surface area contributed by atoms with Gasteiger partial charge in [0.1, 0.15) is 0 Å². The minimum absolute atomic E-state index is 0.149. The molecular formula is C19H21N3O2S. The Balaban J connectivity index is 2.11. The molecule has 0 spiro atoms. The maximum atomic E-state index is 11.2. The predicted molar refractivity (Wildman–Crippen MR) is 106 cm³/mol. The van der Waals surface area contributed by atoms with Crippen LogP contribution in [-0.2, 0) is 4.74 Å². The number of amides is 1. The van der Waals surface area contributed by atoms with Gasteiger partial charge < -0.3 is 10.1 Å². The lowest BCUT2D eigenvalue weighted by molar-refractivity contribution is 0.177. The summed E-state index contributed by atoms with van der Waals surface area (Å²) in [6, 6.07) is 15.7. The third-order valence-electron chi connectivity index (χ3n) is 3.51. The summed E-state index contributed by atoms with van der Waals surface area (Å²) >= 11 is 5.08. The molecule has 0 unspecified atom stereocenters. The Morgan fingerprint density at radius 2 is 1.84 bits per heavy atom. The van der Waals surface area contributed by atoms with Crippen LogP contribution in [0.15, 0.2) is 53.5 Å². The summed E-state index contributed by atoms with van der Waals surface area (Å²) in [5, 5.41) is 5.49. The molecule has 2 aromatic carbocycles. The molecule has 2 rings (SSSR count). The standard InChI is InChI=1S/C19H21N3O2S/c1-13(2)15-10-8-14(9-11-15)12-20-16-6-4-5-7-17(16)21-18(25)22-19(23)24-3/h4-13H,1-3H3,(H2,21,22,23,25). The number of ether oxygens (including phenoxy) is 1. The van der Waals surface area contributed by atoms with Crippen molar-refractivity contribution in [1.82, 2.24) is 5.32 Å². The second-order valence-electron chi connectivity index (χ2n) is 5.67. The van der Waals surface area contributed by atoms with Gasteiger partial charge in [-0.05, 0) is 41.4 Å². The van der Waals surface area contributed by atoms with Crippen molar-refractivity contribution in [3.63, 3.8) is 0 Å². The zero-order chi connectivity index (χ0) is 18.2. The molecule has 0 radical (unpaired) electrons. The van der Waals surface area contributed by atoms with Gasteiger partial charge in [-0.2, -0.15) is 0 Å². The third kappa shape index (κ3) is 5.69. The number of hydrogen-bond donors (Lipinski definition) is 2. The predicted octanol–water partition coefficient (Wildman–Crippen LogP) is 4.61. The van der Waals surface area contributed by atoms with Gasteiger partial charge in [-0.25, -0.2) is 4.79 Å². The van der Waals surface area contributed by atoms with Crippen LogP contribution in [0.2, 0.25) is 0 Å². The smallest absolute Gasteiger partial charge is 0.413 e. The summed E-state index contributed by atoms with van der Waals surface area (Å²) in [7, 11) is 1.28. The lowest BCUT2D eigenvalue weighted by atomic mass is 10.0. The summed E-state index contributed by atoms with van der Waals surface area (Å²) in [5.74, 6) is 0.499. The SMILES string of the molecule is COC(=O)NC(=S)Nc1ccccc1N=Cc1ccc(C(C)C)cc1. The minimum Gasteiger partial charge on any atom is -0.453 e. The minimum atomic E-state index is -0.622. The zero-order valence-corrected chi connectivity index (χ0v) is 15.3. The molecule has 1 amide bonds. The Labute approximate surface area is 153 Å². The quantitative estimate of drug-likeness (QED) is 0.621. The van der Waals surface area contributed by atoms with Crippen molar-refractivity contribution in [1.29, 1.82) is 0 Å². The summed E-state index contributed by atoms with van der Waals surface area (Å²) < 4.78 is 4.51. The molecule has 2 aromatic rings. The van der Waals surface area contributed by atoms with E-state index >= 15 is 0 Å². The van der Waals surface area contributed by atoms with Crippen molar-refractivity contribution in [3.8, 4) is 0 Å². The molecule has 0 aromatic heterocycles. The highest BCUT2D eigenvalue weighted by Gasteiger charge is 2.06. The number of nitrogens with zero attached hydrogens (tertiary/aromatic N) is 1. The average molecular weight is 355 g/mol. The summed E-state index contributed by atoms with van der Waals surface area (Å²) in [6.07, 6.45) is 1.17. The number of anilines is 1. The third-order valence-corrected chi connectivity index (χ3v) is 3.71. The van der Waals surface area contributed by atoms with Crippen LogP contribution < -0.4 is 10.6 Å². The Kier molecular flexibility index (Phi) is 6.65. The van der Waals surface area contributed by atoms with E-state index in [0.717, 1.165) is 5.56 Å². The van der Waals surface area contributed by atoms with Crippen molar-refractivity contribution in [2.75, 3.05) is 12.4 Å².